The van der Waals surface area contributed by atoms with Gasteiger partial charge in [-0.25, -0.2) is 0 Å². The SMILES string of the molecule is COc1ccc(Br)cc1CCNC(=O)CC(C)CN. The molecule has 0 aliphatic rings. The van der Waals surface area contributed by atoms with Gasteiger partial charge in [-0.3, -0.25) is 4.79 Å². The van der Waals surface area contributed by atoms with Crippen molar-refractivity contribution in [3.05, 3.63) is 28.2 Å². The summed E-state index contributed by atoms with van der Waals surface area (Å²) in [6, 6.07) is 5.86. The fraction of sp³-hybridized carbons (Fsp3) is 0.500. The summed E-state index contributed by atoms with van der Waals surface area (Å²) in [7, 11) is 1.65. The minimum absolute atomic E-state index is 0.0481. The van der Waals surface area contributed by atoms with Gasteiger partial charge in [-0.2, -0.15) is 0 Å². The van der Waals surface area contributed by atoms with Gasteiger partial charge >= 0.3 is 0 Å². The summed E-state index contributed by atoms with van der Waals surface area (Å²) in [5.41, 5.74) is 6.57. The zero-order valence-corrected chi connectivity index (χ0v) is 13.0. The molecule has 1 amide bonds. The smallest absolute Gasteiger partial charge is 0.220 e. The lowest BCUT2D eigenvalue weighted by molar-refractivity contribution is -0.121. The third kappa shape index (κ3) is 5.61. The molecule has 0 aliphatic heterocycles. The molecule has 1 rings (SSSR count). The lowest BCUT2D eigenvalue weighted by Crippen LogP contribution is -2.28. The van der Waals surface area contributed by atoms with E-state index in [-0.39, 0.29) is 11.8 Å². The van der Waals surface area contributed by atoms with Gasteiger partial charge < -0.3 is 15.8 Å². The van der Waals surface area contributed by atoms with E-state index in [0.29, 0.717) is 19.5 Å². The summed E-state index contributed by atoms with van der Waals surface area (Å²) in [6.45, 7) is 3.10. The van der Waals surface area contributed by atoms with Crippen molar-refractivity contribution in [2.24, 2.45) is 11.7 Å². The summed E-state index contributed by atoms with van der Waals surface area (Å²) in [6.07, 6.45) is 1.22. The maximum atomic E-state index is 11.6. The van der Waals surface area contributed by atoms with Gasteiger partial charge in [0.2, 0.25) is 5.91 Å². The van der Waals surface area contributed by atoms with Crippen LogP contribution in [0.2, 0.25) is 0 Å². The average molecular weight is 329 g/mol. The summed E-state index contributed by atoms with van der Waals surface area (Å²) >= 11 is 3.43. The van der Waals surface area contributed by atoms with Crippen LogP contribution in [0.1, 0.15) is 18.9 Å². The first kappa shape index (κ1) is 16.0. The number of benzene rings is 1. The zero-order chi connectivity index (χ0) is 14.3. The van der Waals surface area contributed by atoms with E-state index in [4.69, 9.17) is 10.5 Å². The molecule has 0 aliphatic carbocycles. The second kappa shape index (κ2) is 8.17. The monoisotopic (exact) mass is 328 g/mol. The van der Waals surface area contributed by atoms with E-state index >= 15 is 0 Å². The predicted molar refractivity (Wildman–Crippen MR) is 80.2 cm³/mol. The summed E-state index contributed by atoms with van der Waals surface area (Å²) in [5, 5.41) is 2.90. The van der Waals surface area contributed by atoms with Gasteiger partial charge in [0.05, 0.1) is 7.11 Å². The van der Waals surface area contributed by atoms with E-state index in [1.807, 2.05) is 25.1 Å². The van der Waals surface area contributed by atoms with E-state index in [1.54, 1.807) is 7.11 Å². The molecule has 0 heterocycles. The molecule has 0 spiro atoms. The Labute approximate surface area is 122 Å². The maximum Gasteiger partial charge on any atom is 0.220 e. The minimum Gasteiger partial charge on any atom is -0.496 e. The van der Waals surface area contributed by atoms with Crippen LogP contribution in [0.5, 0.6) is 5.75 Å². The molecule has 0 saturated carbocycles. The van der Waals surface area contributed by atoms with Gasteiger partial charge in [0.25, 0.3) is 0 Å². The Balaban J connectivity index is 2.44. The fourth-order valence-electron chi connectivity index (χ4n) is 1.75. The number of carbonyl (C=O) groups excluding carboxylic acids is 1. The van der Waals surface area contributed by atoms with Crippen LogP contribution in [0.4, 0.5) is 0 Å². The average Bonchev–Trinajstić information content (AvgIpc) is 2.38. The fourth-order valence-corrected chi connectivity index (χ4v) is 2.16. The van der Waals surface area contributed by atoms with Crippen LogP contribution in [0.25, 0.3) is 0 Å². The Kier molecular flexibility index (Phi) is 6.87. The van der Waals surface area contributed by atoms with Crippen molar-refractivity contribution >= 4 is 21.8 Å². The quantitative estimate of drug-likeness (QED) is 0.805. The van der Waals surface area contributed by atoms with Gasteiger partial charge in [-0.1, -0.05) is 22.9 Å². The standard InChI is InChI=1S/C14H21BrN2O2/c1-10(9-16)7-14(18)17-6-5-11-8-12(15)3-4-13(11)19-2/h3-4,8,10H,5-7,9,16H2,1-2H3,(H,17,18). The highest BCUT2D eigenvalue weighted by atomic mass is 79.9. The number of amides is 1. The lowest BCUT2D eigenvalue weighted by atomic mass is 10.1. The molecule has 0 fully saturated rings. The van der Waals surface area contributed by atoms with Crippen molar-refractivity contribution in [3.8, 4) is 5.75 Å². The first-order chi connectivity index (χ1) is 9.06. The lowest BCUT2D eigenvalue weighted by Gasteiger charge is -2.11. The number of hydrogen-bond donors (Lipinski definition) is 2. The van der Waals surface area contributed by atoms with E-state index in [2.05, 4.69) is 21.2 Å². The van der Waals surface area contributed by atoms with Gasteiger partial charge in [-0.05, 0) is 42.6 Å². The Morgan fingerprint density at radius 2 is 2.26 bits per heavy atom. The third-order valence-electron chi connectivity index (χ3n) is 2.90. The number of carbonyl (C=O) groups is 1. The van der Waals surface area contributed by atoms with Crippen molar-refractivity contribution in [3.63, 3.8) is 0 Å². The van der Waals surface area contributed by atoms with Crippen LogP contribution in [0, 0.1) is 5.92 Å². The first-order valence-electron chi connectivity index (χ1n) is 6.36. The Morgan fingerprint density at radius 3 is 2.89 bits per heavy atom. The maximum absolute atomic E-state index is 11.6. The summed E-state index contributed by atoms with van der Waals surface area (Å²) in [4.78, 5) is 11.6. The molecule has 0 bridgehead atoms. The first-order valence-corrected chi connectivity index (χ1v) is 7.15. The van der Waals surface area contributed by atoms with Crippen LogP contribution in [-0.2, 0) is 11.2 Å². The normalized spacial score (nSPS) is 12.0. The molecule has 19 heavy (non-hydrogen) atoms. The van der Waals surface area contributed by atoms with Crippen molar-refractivity contribution in [1.29, 1.82) is 0 Å². The van der Waals surface area contributed by atoms with Gasteiger partial charge in [0.1, 0.15) is 5.75 Å². The number of halogens is 1. The molecule has 1 aromatic rings. The second-order valence-electron chi connectivity index (χ2n) is 4.60. The highest BCUT2D eigenvalue weighted by Crippen LogP contribution is 2.23. The number of ether oxygens (including phenoxy) is 1. The van der Waals surface area contributed by atoms with Gasteiger partial charge in [0.15, 0.2) is 0 Å². The molecule has 0 aromatic heterocycles. The number of rotatable bonds is 7. The third-order valence-corrected chi connectivity index (χ3v) is 3.39. The molecule has 1 unspecified atom stereocenters. The number of hydrogen-bond acceptors (Lipinski definition) is 3. The highest BCUT2D eigenvalue weighted by molar-refractivity contribution is 9.10. The molecule has 1 atom stereocenters. The molecule has 0 radical (unpaired) electrons. The van der Waals surface area contributed by atoms with E-state index in [9.17, 15) is 4.79 Å². The van der Waals surface area contributed by atoms with Crippen LogP contribution >= 0.6 is 15.9 Å². The topological polar surface area (TPSA) is 64.3 Å². The van der Waals surface area contributed by atoms with E-state index < -0.39 is 0 Å². The molecular formula is C14H21BrN2O2. The Hall–Kier alpha value is -1.07. The molecule has 106 valence electrons. The molecule has 3 N–H and O–H groups in total. The molecule has 1 aromatic carbocycles. The van der Waals surface area contributed by atoms with E-state index in [0.717, 1.165) is 22.2 Å². The highest BCUT2D eigenvalue weighted by Gasteiger charge is 2.08. The molecular weight excluding hydrogens is 308 g/mol. The van der Waals surface area contributed by atoms with Crippen molar-refractivity contribution < 1.29 is 9.53 Å². The van der Waals surface area contributed by atoms with Crippen LogP contribution in [0.3, 0.4) is 0 Å². The number of methoxy groups -OCH3 is 1. The molecule has 5 heteroatoms. The minimum atomic E-state index is 0.0481. The zero-order valence-electron chi connectivity index (χ0n) is 11.4. The number of nitrogens with two attached hydrogens (primary N) is 1. The number of nitrogens with one attached hydrogen (secondary N) is 1. The van der Waals surface area contributed by atoms with Crippen molar-refractivity contribution in [2.75, 3.05) is 20.2 Å². The van der Waals surface area contributed by atoms with Crippen LogP contribution in [0.15, 0.2) is 22.7 Å². The van der Waals surface area contributed by atoms with E-state index in [1.165, 1.54) is 0 Å². The predicted octanol–water partition coefficient (Wildman–Crippen LogP) is 2.10. The van der Waals surface area contributed by atoms with Gasteiger partial charge in [0, 0.05) is 17.4 Å². The Bertz CT molecular complexity index is 424. The summed E-state index contributed by atoms with van der Waals surface area (Å²) in [5.74, 6) is 1.11. The van der Waals surface area contributed by atoms with Crippen LogP contribution < -0.4 is 15.8 Å². The summed E-state index contributed by atoms with van der Waals surface area (Å²) < 4.78 is 6.30. The molecule has 0 saturated heterocycles. The van der Waals surface area contributed by atoms with Crippen molar-refractivity contribution in [1.82, 2.24) is 5.32 Å². The second-order valence-corrected chi connectivity index (χ2v) is 5.52. The largest absolute Gasteiger partial charge is 0.496 e. The molecule has 4 nitrogen and oxygen atoms in total. The van der Waals surface area contributed by atoms with Crippen molar-refractivity contribution in [2.45, 2.75) is 19.8 Å². The van der Waals surface area contributed by atoms with Gasteiger partial charge in [-0.15, -0.1) is 0 Å². The Morgan fingerprint density at radius 1 is 1.53 bits per heavy atom. The van der Waals surface area contributed by atoms with Crippen LogP contribution in [-0.4, -0.2) is 26.1 Å².